The molecule has 19 heavy (non-hydrogen) atoms. The molecule has 1 fully saturated rings. The summed E-state index contributed by atoms with van der Waals surface area (Å²) < 4.78 is 0. The molecule has 0 radical (unpaired) electrons. The van der Waals surface area contributed by atoms with E-state index in [4.69, 9.17) is 0 Å². The van der Waals surface area contributed by atoms with Crippen molar-refractivity contribution in [3.8, 4) is 0 Å². The Labute approximate surface area is 110 Å². The zero-order chi connectivity index (χ0) is 13.4. The van der Waals surface area contributed by atoms with Gasteiger partial charge < -0.3 is 5.32 Å². The van der Waals surface area contributed by atoms with Crippen LogP contribution in [-0.4, -0.2) is 35.2 Å². The van der Waals surface area contributed by atoms with Crippen molar-refractivity contribution in [2.75, 3.05) is 6.54 Å². The fourth-order valence-electron chi connectivity index (χ4n) is 2.68. The number of amides is 3. The van der Waals surface area contributed by atoms with E-state index in [1.54, 1.807) is 12.1 Å². The predicted molar refractivity (Wildman–Crippen MR) is 67.4 cm³/mol. The van der Waals surface area contributed by atoms with Gasteiger partial charge in [-0.3, -0.25) is 19.3 Å². The van der Waals surface area contributed by atoms with Crippen molar-refractivity contribution < 1.29 is 14.4 Å². The fourth-order valence-corrected chi connectivity index (χ4v) is 2.68. The maximum Gasteiger partial charge on any atom is 0.261 e. The van der Waals surface area contributed by atoms with Crippen LogP contribution in [0, 0.1) is 0 Å². The normalized spacial score (nSPS) is 23.1. The van der Waals surface area contributed by atoms with Gasteiger partial charge in [0.15, 0.2) is 0 Å². The van der Waals surface area contributed by atoms with Gasteiger partial charge >= 0.3 is 0 Å². The van der Waals surface area contributed by atoms with E-state index >= 15 is 0 Å². The van der Waals surface area contributed by atoms with Gasteiger partial charge in [-0.1, -0.05) is 18.2 Å². The Bertz CT molecular complexity index is 558. The number of carbonyl (C=O) groups is 3. The monoisotopic (exact) mass is 258 g/mol. The number of hydrogen-bond donors (Lipinski definition) is 1. The molecule has 5 heteroatoms. The molecule has 0 aliphatic carbocycles. The van der Waals surface area contributed by atoms with Gasteiger partial charge in [0.1, 0.15) is 0 Å². The van der Waals surface area contributed by atoms with Gasteiger partial charge in [-0.05, 0) is 18.1 Å². The molecule has 0 aromatic heterocycles. The van der Waals surface area contributed by atoms with Crippen LogP contribution in [0.25, 0.3) is 0 Å². The topological polar surface area (TPSA) is 66.5 Å². The number of hydrogen-bond acceptors (Lipinski definition) is 3. The second kappa shape index (κ2) is 4.50. The molecule has 2 aliphatic rings. The molecular weight excluding hydrogens is 244 g/mol. The van der Waals surface area contributed by atoms with Crippen LogP contribution in [0.3, 0.4) is 0 Å². The van der Waals surface area contributed by atoms with Crippen molar-refractivity contribution in [2.45, 2.75) is 25.3 Å². The largest absolute Gasteiger partial charge is 0.354 e. The highest BCUT2D eigenvalue weighted by atomic mass is 16.2. The van der Waals surface area contributed by atoms with Gasteiger partial charge in [-0.2, -0.15) is 0 Å². The molecule has 0 bridgehead atoms. The lowest BCUT2D eigenvalue weighted by atomic mass is 9.95. The molecule has 1 aromatic carbocycles. The second-order valence-corrected chi connectivity index (χ2v) is 4.90. The van der Waals surface area contributed by atoms with E-state index in [1.807, 2.05) is 12.1 Å². The van der Waals surface area contributed by atoms with E-state index in [9.17, 15) is 14.4 Å². The molecule has 1 atom stereocenters. The number of nitrogens with zero attached hydrogens (tertiary/aromatic N) is 1. The Morgan fingerprint density at radius 3 is 2.68 bits per heavy atom. The lowest BCUT2D eigenvalue weighted by Crippen LogP contribution is -2.54. The molecule has 1 unspecified atom stereocenters. The first kappa shape index (κ1) is 11.9. The third kappa shape index (κ3) is 2.01. The first-order chi connectivity index (χ1) is 9.16. The minimum atomic E-state index is -0.243. The van der Waals surface area contributed by atoms with Crippen molar-refractivity contribution in [1.82, 2.24) is 10.2 Å². The fraction of sp³-hybridized carbons (Fsp3) is 0.357. The van der Waals surface area contributed by atoms with Gasteiger partial charge in [-0.15, -0.1) is 0 Å². The number of imide groups is 1. The molecule has 1 aromatic rings. The minimum Gasteiger partial charge on any atom is -0.354 e. The highest BCUT2D eigenvalue weighted by Gasteiger charge is 2.37. The quantitative estimate of drug-likeness (QED) is 0.745. The molecule has 0 spiro atoms. The zero-order valence-electron chi connectivity index (χ0n) is 10.4. The van der Waals surface area contributed by atoms with Crippen molar-refractivity contribution in [2.24, 2.45) is 0 Å². The number of fused-ring (bicyclic) bond motifs is 1. The first-order valence-electron chi connectivity index (χ1n) is 6.38. The Balaban J connectivity index is 1.89. The van der Waals surface area contributed by atoms with E-state index in [2.05, 4.69) is 5.32 Å². The molecule has 2 aliphatic heterocycles. The average molecular weight is 258 g/mol. The summed E-state index contributed by atoms with van der Waals surface area (Å²) >= 11 is 0. The van der Waals surface area contributed by atoms with E-state index in [0.717, 1.165) is 5.56 Å². The van der Waals surface area contributed by atoms with Gasteiger partial charge in [-0.25, -0.2) is 0 Å². The maximum atomic E-state index is 12.4. The van der Waals surface area contributed by atoms with Gasteiger partial charge in [0.25, 0.3) is 5.91 Å². The van der Waals surface area contributed by atoms with Crippen LogP contribution < -0.4 is 5.32 Å². The third-order valence-corrected chi connectivity index (χ3v) is 3.68. The Morgan fingerprint density at radius 2 is 1.95 bits per heavy atom. The molecular formula is C14H14N2O3. The summed E-state index contributed by atoms with van der Waals surface area (Å²) in [6.45, 7) is 0.360. The smallest absolute Gasteiger partial charge is 0.261 e. The Hall–Kier alpha value is -2.17. The van der Waals surface area contributed by atoms with Crippen LogP contribution in [0.5, 0.6) is 0 Å². The van der Waals surface area contributed by atoms with Crippen LogP contribution in [0.4, 0.5) is 0 Å². The van der Waals surface area contributed by atoms with E-state index in [1.165, 1.54) is 4.90 Å². The summed E-state index contributed by atoms with van der Waals surface area (Å²) in [7, 11) is 0. The van der Waals surface area contributed by atoms with Gasteiger partial charge in [0, 0.05) is 18.5 Å². The summed E-state index contributed by atoms with van der Waals surface area (Å²) in [5, 5.41) is 2.71. The van der Waals surface area contributed by atoms with E-state index in [-0.39, 0.29) is 30.2 Å². The molecule has 5 nitrogen and oxygen atoms in total. The summed E-state index contributed by atoms with van der Waals surface area (Å²) in [4.78, 5) is 37.0. The van der Waals surface area contributed by atoms with E-state index < -0.39 is 0 Å². The van der Waals surface area contributed by atoms with Crippen molar-refractivity contribution in [3.63, 3.8) is 0 Å². The van der Waals surface area contributed by atoms with Gasteiger partial charge in [0.2, 0.25) is 11.8 Å². The number of piperidine rings is 1. The van der Waals surface area contributed by atoms with Crippen LogP contribution in [0.15, 0.2) is 24.3 Å². The van der Waals surface area contributed by atoms with E-state index in [0.29, 0.717) is 24.9 Å². The second-order valence-electron chi connectivity index (χ2n) is 4.90. The van der Waals surface area contributed by atoms with Crippen LogP contribution in [0.1, 0.15) is 28.8 Å². The molecule has 98 valence electrons. The Morgan fingerprint density at radius 1 is 1.16 bits per heavy atom. The highest BCUT2D eigenvalue weighted by Crippen LogP contribution is 2.23. The summed E-state index contributed by atoms with van der Waals surface area (Å²) in [5.41, 5.74) is 1.38. The lowest BCUT2D eigenvalue weighted by Gasteiger charge is -2.35. The number of rotatable bonds is 1. The lowest BCUT2D eigenvalue weighted by molar-refractivity contribution is -0.133. The maximum absolute atomic E-state index is 12.4. The third-order valence-electron chi connectivity index (χ3n) is 3.68. The summed E-state index contributed by atoms with van der Waals surface area (Å²) in [6, 6.07) is 6.97. The predicted octanol–water partition coefficient (Wildman–Crippen LogP) is 0.490. The Kier molecular flexibility index (Phi) is 2.81. The summed E-state index contributed by atoms with van der Waals surface area (Å²) in [6.07, 6.45) is 1.17. The number of carbonyl (C=O) groups excluding carboxylic acids is 3. The standard InChI is InChI=1S/C14H14N2O3/c17-12-6-5-10(8-15-12)16-13(18)7-9-3-1-2-4-11(9)14(16)19/h1-4,10H,5-8H2,(H,15,17). The molecule has 3 rings (SSSR count). The van der Waals surface area contributed by atoms with Crippen molar-refractivity contribution in [1.29, 1.82) is 0 Å². The first-order valence-corrected chi connectivity index (χ1v) is 6.38. The average Bonchev–Trinajstić information content (AvgIpc) is 2.41. The summed E-state index contributed by atoms with van der Waals surface area (Å²) in [5.74, 6) is -0.439. The number of nitrogens with one attached hydrogen (secondary N) is 1. The minimum absolute atomic E-state index is 0.0199. The van der Waals surface area contributed by atoms with Crippen molar-refractivity contribution in [3.05, 3.63) is 35.4 Å². The van der Waals surface area contributed by atoms with Crippen molar-refractivity contribution >= 4 is 17.7 Å². The molecule has 0 saturated carbocycles. The van der Waals surface area contributed by atoms with Crippen LogP contribution >= 0.6 is 0 Å². The highest BCUT2D eigenvalue weighted by molar-refractivity contribution is 6.10. The SMILES string of the molecule is O=C1CCC(N2C(=O)Cc3ccccc3C2=O)CN1. The van der Waals surface area contributed by atoms with Gasteiger partial charge in [0.05, 0.1) is 12.5 Å². The molecule has 2 heterocycles. The van der Waals surface area contributed by atoms with Crippen LogP contribution in [0.2, 0.25) is 0 Å². The van der Waals surface area contributed by atoms with Crippen LogP contribution in [-0.2, 0) is 16.0 Å². The molecule has 1 N–H and O–H groups in total. The number of benzene rings is 1. The zero-order valence-corrected chi connectivity index (χ0v) is 10.4. The molecule has 1 saturated heterocycles. The molecule has 3 amide bonds.